The molecule has 2 rings (SSSR count). The number of rotatable bonds is 5. The van der Waals surface area contributed by atoms with Gasteiger partial charge in [-0.3, -0.25) is 0 Å². The van der Waals surface area contributed by atoms with Crippen LogP contribution in [0.15, 0.2) is 46.9 Å². The Morgan fingerprint density at radius 2 is 1.85 bits per heavy atom. The van der Waals surface area contributed by atoms with Gasteiger partial charge in [-0.2, -0.15) is 0 Å². The monoisotopic (exact) mass is 332 g/mol. The first-order valence-corrected chi connectivity index (χ1v) is 7.60. The second-order valence-corrected chi connectivity index (χ2v) is 6.00. The lowest BCUT2D eigenvalue weighted by Gasteiger charge is -2.23. The van der Waals surface area contributed by atoms with Gasteiger partial charge in [-0.15, -0.1) is 0 Å². The summed E-state index contributed by atoms with van der Waals surface area (Å²) in [6.45, 7) is 3.96. The zero-order valence-corrected chi connectivity index (χ0v) is 13.9. The molecule has 0 bridgehead atoms. The minimum absolute atomic E-state index is 0.868. The second-order valence-electron chi connectivity index (χ2n) is 5.09. The fourth-order valence-electron chi connectivity index (χ4n) is 2.39. The van der Waals surface area contributed by atoms with Gasteiger partial charge in [0.15, 0.2) is 0 Å². The number of anilines is 1. The van der Waals surface area contributed by atoms with Gasteiger partial charge in [-0.25, -0.2) is 0 Å². The Labute approximate surface area is 129 Å². The summed E-state index contributed by atoms with van der Waals surface area (Å²) in [5, 5.41) is 3.23. The lowest BCUT2D eigenvalue weighted by Crippen LogP contribution is -2.20. The lowest BCUT2D eigenvalue weighted by molar-refractivity contribution is 0.804. The first-order valence-electron chi connectivity index (χ1n) is 6.80. The number of halogens is 1. The van der Waals surface area contributed by atoms with E-state index in [9.17, 15) is 0 Å². The highest BCUT2D eigenvalue weighted by Crippen LogP contribution is 2.25. The van der Waals surface area contributed by atoms with Crippen LogP contribution < -0.4 is 10.2 Å². The third-order valence-corrected chi connectivity index (χ3v) is 3.98. The number of aryl methyl sites for hydroxylation is 1. The van der Waals surface area contributed by atoms with E-state index in [1.807, 2.05) is 7.05 Å². The topological polar surface area (TPSA) is 15.3 Å². The van der Waals surface area contributed by atoms with Crippen molar-refractivity contribution >= 4 is 21.6 Å². The van der Waals surface area contributed by atoms with Crippen molar-refractivity contribution in [1.29, 1.82) is 0 Å². The molecule has 0 aliphatic heterocycles. The fourth-order valence-corrected chi connectivity index (χ4v) is 2.80. The molecular weight excluding hydrogens is 312 g/mol. The van der Waals surface area contributed by atoms with Crippen LogP contribution in [-0.4, -0.2) is 14.1 Å². The van der Waals surface area contributed by atoms with Gasteiger partial charge in [0.05, 0.1) is 0 Å². The van der Waals surface area contributed by atoms with Crippen LogP contribution in [0.2, 0.25) is 0 Å². The van der Waals surface area contributed by atoms with Crippen molar-refractivity contribution in [1.82, 2.24) is 5.32 Å². The molecule has 0 radical (unpaired) electrons. The average molecular weight is 333 g/mol. The van der Waals surface area contributed by atoms with E-state index < -0.39 is 0 Å². The predicted octanol–water partition coefficient (Wildman–Crippen LogP) is 4.11. The van der Waals surface area contributed by atoms with Gasteiger partial charge >= 0.3 is 0 Å². The van der Waals surface area contributed by atoms with Crippen LogP contribution in [0.1, 0.15) is 16.7 Å². The molecule has 20 heavy (non-hydrogen) atoms. The molecule has 0 heterocycles. The van der Waals surface area contributed by atoms with Gasteiger partial charge in [-0.1, -0.05) is 40.2 Å². The molecule has 0 unspecified atom stereocenters. The maximum atomic E-state index is 3.55. The number of benzene rings is 2. The highest BCUT2D eigenvalue weighted by atomic mass is 79.9. The Hall–Kier alpha value is -1.32. The third kappa shape index (κ3) is 3.62. The third-order valence-electron chi connectivity index (χ3n) is 3.49. The Balaban J connectivity index is 2.25. The van der Waals surface area contributed by atoms with Crippen LogP contribution in [0.4, 0.5) is 5.69 Å². The van der Waals surface area contributed by atoms with E-state index in [-0.39, 0.29) is 0 Å². The van der Waals surface area contributed by atoms with Crippen LogP contribution in [0.3, 0.4) is 0 Å². The number of nitrogens with zero attached hydrogens (tertiary/aromatic N) is 1. The number of nitrogens with one attached hydrogen (secondary N) is 1. The highest BCUT2D eigenvalue weighted by molar-refractivity contribution is 9.10. The second kappa shape index (κ2) is 6.91. The van der Waals surface area contributed by atoms with Crippen molar-refractivity contribution in [2.24, 2.45) is 0 Å². The number of hydrogen-bond donors (Lipinski definition) is 1. The Kier molecular flexibility index (Phi) is 5.21. The van der Waals surface area contributed by atoms with E-state index >= 15 is 0 Å². The summed E-state index contributed by atoms with van der Waals surface area (Å²) in [5.74, 6) is 0. The predicted molar refractivity (Wildman–Crippen MR) is 90.2 cm³/mol. The molecule has 0 amide bonds. The van der Waals surface area contributed by atoms with E-state index in [0.29, 0.717) is 0 Å². The van der Waals surface area contributed by atoms with Gasteiger partial charge in [0.2, 0.25) is 0 Å². The van der Waals surface area contributed by atoms with E-state index in [1.54, 1.807) is 0 Å². The molecule has 106 valence electrons. The summed E-state index contributed by atoms with van der Waals surface area (Å²) in [7, 11) is 4.13. The minimum atomic E-state index is 0.868. The first kappa shape index (κ1) is 15.1. The molecule has 0 spiro atoms. The summed E-state index contributed by atoms with van der Waals surface area (Å²) in [4.78, 5) is 2.31. The maximum Gasteiger partial charge on any atom is 0.0428 e. The summed E-state index contributed by atoms with van der Waals surface area (Å²) in [5.41, 5.74) is 5.28. The molecule has 0 saturated heterocycles. The molecule has 0 aliphatic rings. The normalized spacial score (nSPS) is 10.6. The molecule has 0 atom stereocenters. The Bertz CT molecular complexity index is 581. The van der Waals surface area contributed by atoms with Gasteiger partial charge < -0.3 is 10.2 Å². The lowest BCUT2D eigenvalue weighted by atomic mass is 10.1. The van der Waals surface area contributed by atoms with Crippen molar-refractivity contribution in [2.45, 2.75) is 20.0 Å². The van der Waals surface area contributed by atoms with Crippen LogP contribution >= 0.6 is 15.9 Å². The Morgan fingerprint density at radius 1 is 1.10 bits per heavy atom. The van der Waals surface area contributed by atoms with Crippen molar-refractivity contribution in [2.75, 3.05) is 19.0 Å². The molecule has 2 nitrogen and oxygen atoms in total. The van der Waals surface area contributed by atoms with Crippen LogP contribution in [0.25, 0.3) is 0 Å². The van der Waals surface area contributed by atoms with Crippen molar-refractivity contribution in [3.8, 4) is 0 Å². The van der Waals surface area contributed by atoms with Crippen LogP contribution in [0, 0.1) is 6.92 Å². The molecular formula is C17H21BrN2. The standard InChI is InChI=1S/C17H21BrN2/c1-13-6-4-5-7-14(13)12-20(3)17-9-8-16(18)10-15(17)11-19-2/h4-10,19H,11-12H2,1-3H3. The van der Waals surface area contributed by atoms with Gasteiger partial charge in [-0.05, 0) is 48.9 Å². The van der Waals surface area contributed by atoms with Crippen molar-refractivity contribution in [3.63, 3.8) is 0 Å². The van der Waals surface area contributed by atoms with Crippen molar-refractivity contribution in [3.05, 3.63) is 63.6 Å². The molecule has 3 heteroatoms. The summed E-state index contributed by atoms with van der Waals surface area (Å²) < 4.78 is 1.12. The average Bonchev–Trinajstić information content (AvgIpc) is 2.42. The summed E-state index contributed by atoms with van der Waals surface area (Å²) in [6, 6.07) is 15.0. The van der Waals surface area contributed by atoms with Crippen molar-refractivity contribution < 1.29 is 0 Å². The highest BCUT2D eigenvalue weighted by Gasteiger charge is 2.09. The van der Waals surface area contributed by atoms with E-state index in [4.69, 9.17) is 0 Å². The fraction of sp³-hybridized carbons (Fsp3) is 0.294. The van der Waals surface area contributed by atoms with E-state index in [1.165, 1.54) is 22.4 Å². The van der Waals surface area contributed by atoms with Crippen LogP contribution in [0.5, 0.6) is 0 Å². The number of hydrogen-bond acceptors (Lipinski definition) is 2. The SMILES string of the molecule is CNCc1cc(Br)ccc1N(C)Cc1ccccc1C. The summed E-state index contributed by atoms with van der Waals surface area (Å²) in [6.07, 6.45) is 0. The molecule has 0 aromatic heterocycles. The van der Waals surface area contributed by atoms with E-state index in [2.05, 4.69) is 82.6 Å². The molecule has 0 fully saturated rings. The van der Waals surface area contributed by atoms with Gasteiger partial charge in [0, 0.05) is 30.3 Å². The minimum Gasteiger partial charge on any atom is -0.370 e. The maximum absolute atomic E-state index is 3.55. The molecule has 2 aromatic carbocycles. The Morgan fingerprint density at radius 3 is 2.55 bits per heavy atom. The van der Waals surface area contributed by atoms with E-state index in [0.717, 1.165) is 17.6 Å². The first-order chi connectivity index (χ1) is 9.61. The summed E-state index contributed by atoms with van der Waals surface area (Å²) >= 11 is 3.55. The quantitative estimate of drug-likeness (QED) is 0.886. The zero-order chi connectivity index (χ0) is 14.5. The molecule has 2 aromatic rings. The van der Waals surface area contributed by atoms with Gasteiger partial charge in [0.25, 0.3) is 0 Å². The smallest absolute Gasteiger partial charge is 0.0428 e. The van der Waals surface area contributed by atoms with Gasteiger partial charge in [0.1, 0.15) is 0 Å². The zero-order valence-electron chi connectivity index (χ0n) is 12.3. The molecule has 0 saturated carbocycles. The van der Waals surface area contributed by atoms with Crippen LogP contribution in [-0.2, 0) is 13.1 Å². The molecule has 0 aliphatic carbocycles. The molecule has 1 N–H and O–H groups in total. The largest absolute Gasteiger partial charge is 0.370 e.